The smallest absolute Gasteiger partial charge is 0.408 e. The average molecular weight is 1950 g/mol. The van der Waals surface area contributed by atoms with Gasteiger partial charge in [0.15, 0.2) is 0 Å². The fourth-order valence-electron chi connectivity index (χ4n) is 23.0. The van der Waals surface area contributed by atoms with Gasteiger partial charge in [-0.2, -0.15) is 0 Å². The molecule has 13 aliphatic rings. The van der Waals surface area contributed by atoms with Crippen LogP contribution in [0.15, 0.2) is 54.6 Å². The zero-order chi connectivity index (χ0) is 92.8. The van der Waals surface area contributed by atoms with Crippen molar-refractivity contribution in [2.24, 2.45) is 81.3 Å². The Bertz CT molecular complexity index is 5240. The minimum absolute atomic E-state index is 0. The Morgan fingerprint density at radius 3 is 1.10 bits per heavy atom. The fraction of sp³-hybridized carbons (Fsp3) is 0.673. The number of fused-ring (bicyclic) bond motifs is 23. The van der Waals surface area contributed by atoms with E-state index >= 15 is 0 Å². The van der Waals surface area contributed by atoms with Gasteiger partial charge in [-0.15, -0.1) is 0 Å². The van der Waals surface area contributed by atoms with E-state index in [1.54, 1.807) is 21.3 Å². The fourth-order valence-corrected chi connectivity index (χ4v) is 23.0. The molecule has 6 amide bonds. The van der Waals surface area contributed by atoms with Gasteiger partial charge in [-0.05, 0) is 234 Å². The Morgan fingerprint density at radius 1 is 0.381 bits per heavy atom. The van der Waals surface area contributed by atoms with Crippen molar-refractivity contribution in [2.45, 2.75) is 309 Å². The second kappa shape index (κ2) is 40.9. The Balaban J connectivity index is 0.000000159. The van der Waals surface area contributed by atoms with Crippen LogP contribution in [0.4, 0.5) is 14.4 Å². The molecular weight excluding hydrogens is 1820 g/mol. The van der Waals surface area contributed by atoms with E-state index in [0.717, 1.165) is 156 Å². The number of alkyl carbamates (subject to hydrolysis) is 3. The van der Waals surface area contributed by atoms with Gasteiger partial charge in [0.1, 0.15) is 88.6 Å². The first-order valence-electron chi connectivity index (χ1n) is 48.1. The Kier molecular flexibility index (Phi) is 30.9. The minimum atomic E-state index is -0.908. The number of ether oxygens (including phenoxy) is 9. The zero-order valence-electron chi connectivity index (χ0n) is 80.1. The average Bonchev–Trinajstić information content (AvgIpc) is 1.60. The van der Waals surface area contributed by atoms with Gasteiger partial charge in [-0.25, -0.2) is 63.1 Å². The molecule has 33 heteroatoms. The van der Waals surface area contributed by atoms with E-state index in [9.17, 15) is 43.2 Å². The van der Waals surface area contributed by atoms with Crippen molar-refractivity contribution >= 4 is 88.0 Å². The number of rotatable bonds is 6. The van der Waals surface area contributed by atoms with Gasteiger partial charge in [0.05, 0.1) is 74.1 Å². The van der Waals surface area contributed by atoms with Crippen molar-refractivity contribution in [3.63, 3.8) is 0 Å². The quantitative estimate of drug-likeness (QED) is 0.103. The largest absolute Gasteiger partial charge is 0.540 e. The molecule has 30 nitrogen and oxygen atoms in total. The summed E-state index contributed by atoms with van der Waals surface area (Å²) in [4.78, 5) is 154. The molecule has 6 aromatic rings. The maximum Gasteiger partial charge on any atom is 0.408 e. The third-order valence-electron chi connectivity index (χ3n) is 31.4. The molecule has 10 fully saturated rings. The third kappa shape index (κ3) is 21.4. The number of aromatic nitrogens is 6. The van der Waals surface area contributed by atoms with Crippen molar-refractivity contribution in [2.75, 3.05) is 41.0 Å². The van der Waals surface area contributed by atoms with Gasteiger partial charge in [0.2, 0.25) is 35.4 Å². The van der Waals surface area contributed by atoms with Crippen LogP contribution < -0.4 is 44.4 Å². The third-order valence-corrected chi connectivity index (χ3v) is 31.4. The number of hydrogen-bond donors (Lipinski definition) is 3. The van der Waals surface area contributed by atoms with Gasteiger partial charge in [-0.3, -0.25) is 14.4 Å². The molecule has 134 heavy (non-hydrogen) atoms. The van der Waals surface area contributed by atoms with E-state index in [0.29, 0.717) is 92.9 Å². The molecule has 7 saturated carbocycles. The second-order valence-electron chi connectivity index (χ2n) is 43.4. The molecule has 3 radical (unpaired) electrons. The van der Waals surface area contributed by atoms with E-state index in [-0.39, 0.29) is 147 Å². The van der Waals surface area contributed by atoms with Gasteiger partial charge in [0, 0.05) is 91.6 Å². The van der Waals surface area contributed by atoms with Crippen LogP contribution in [0.5, 0.6) is 34.9 Å². The monoisotopic (exact) mass is 1950 g/mol. The molecule has 3 N–H and O–H groups in total. The van der Waals surface area contributed by atoms with Crippen LogP contribution in [0, 0.1) is 81.3 Å². The second-order valence-corrected chi connectivity index (χ2v) is 43.4. The van der Waals surface area contributed by atoms with Gasteiger partial charge >= 0.3 is 18.3 Å². The number of hydrogen-bond acceptors (Lipinski definition) is 24. The molecular formula is C101H131N12O18V3-3. The summed E-state index contributed by atoms with van der Waals surface area (Å²) in [5, 5.41) is 8.66. The molecule has 3 aromatic carbocycles. The summed E-state index contributed by atoms with van der Waals surface area (Å²) in [6.45, 7) is 25.3. The van der Waals surface area contributed by atoms with Crippen LogP contribution in [-0.2, 0) is 98.6 Å². The Labute approximate surface area is 821 Å². The molecule has 6 aliphatic heterocycles. The number of nitrogens with one attached hydrogen (secondary N) is 3. The maximum absolute atomic E-state index is 14.1. The van der Waals surface area contributed by atoms with Crippen LogP contribution in [0.25, 0.3) is 33.1 Å². The topological polar surface area (TPSA) is 360 Å². The van der Waals surface area contributed by atoms with Crippen LogP contribution in [0.1, 0.15) is 253 Å². The molecule has 6 bridgehead atoms. The molecule has 3 aromatic heterocycles. The van der Waals surface area contributed by atoms with E-state index in [4.69, 9.17) is 72.5 Å². The Morgan fingerprint density at radius 2 is 0.724 bits per heavy atom. The van der Waals surface area contributed by atoms with Crippen molar-refractivity contribution in [1.29, 1.82) is 0 Å². The number of carbonyl (C=O) groups is 6. The van der Waals surface area contributed by atoms with Crippen molar-refractivity contribution in [3.8, 4) is 34.9 Å². The Hall–Kier alpha value is -8.54. The van der Waals surface area contributed by atoms with Gasteiger partial charge < -0.3 is 87.7 Å². The normalized spacial score (nSPS) is 34.0. The summed E-state index contributed by atoms with van der Waals surface area (Å²) >= 11 is 0. The van der Waals surface area contributed by atoms with E-state index in [1.807, 2.05) is 145 Å². The van der Waals surface area contributed by atoms with Gasteiger partial charge in [0.25, 0.3) is 0 Å². The molecule has 26 atom stereocenters. The molecule has 0 spiro atoms. The molecule has 19 rings (SSSR count). The predicted molar refractivity (Wildman–Crippen MR) is 486 cm³/mol. The zero-order valence-corrected chi connectivity index (χ0v) is 84.3. The molecule has 7 aliphatic carbocycles. The standard InChI is InChI=1S/C34H43N4O6.C34H45N4O6.C33H43N4O6.3V/c1-17-26(16-39)38-15-28(17)43-31-29(35-24-10-9-20(42-5)14-25(24)36-31)23-11-18(23)7-6-8-21-22-12-19(22)13-27(21)44-33(41)37-30(32(38)40)34(2,3)4;1-19-26(18-39)38-17-27(19)43-30-28(35-24-13-12-22(42-6)16-25(24)36-30)23-15-20(23)9-7-10-21-11-8-14-34(21,5)44-32(41)37-29(31(38)40)33(2,3)4;1-18-25(17-38)37-16-27(18)42-30-28(34-23-13-12-21(41-5)15-24(23)35-30)22-14-20(22)10-6-8-19-9-7-11-26(19)43-32(40)36-29(31(37)39)33(2,3)4;;;/h9-10,14,17-19,21-23,26-28,30H,6-8,11-13,15H2,1-5H3,(H,37,41);12-13,16,19-21,23,26-27,29H,7-11,14-15,17H2,1-6H3,(H,37,41);12-13,15,18-20,22,25-27,29H,6-11,14,16H2,1-5H3,(H,36,40);;;/q3*-1;;;/t17-,18?,19?,21+,22?,23?,26+,27+,28-,30+;19-,20?,21+,23?,26+,27-,29+,34+;18-,19+,20?,22?,25+,26+,27-,29+;;;/m000.../s1. The van der Waals surface area contributed by atoms with Crippen LogP contribution in [0.3, 0.4) is 0 Å². The molecule has 8 unspecified atom stereocenters. The first kappa shape index (κ1) is 101. The summed E-state index contributed by atoms with van der Waals surface area (Å²) in [6, 6.07) is 11.8. The number of carbonyl (C=O) groups excluding carboxylic acids is 9. The summed E-state index contributed by atoms with van der Waals surface area (Å²) in [7, 11) is 4.85. The van der Waals surface area contributed by atoms with E-state index < -0.39 is 94.7 Å². The van der Waals surface area contributed by atoms with Crippen LogP contribution in [-0.4, -0.2) is 213 Å². The van der Waals surface area contributed by atoms with Crippen LogP contribution in [0.2, 0.25) is 0 Å². The summed E-state index contributed by atoms with van der Waals surface area (Å²) in [5.41, 5.74) is 4.39. The van der Waals surface area contributed by atoms with E-state index in [2.05, 4.69) is 34.8 Å². The van der Waals surface area contributed by atoms with Crippen molar-refractivity contribution in [3.05, 3.63) is 71.7 Å². The number of benzene rings is 3. The molecule has 3 saturated heterocycles. The first-order chi connectivity index (χ1) is 62.5. The first-order valence-corrected chi connectivity index (χ1v) is 48.1. The summed E-state index contributed by atoms with van der Waals surface area (Å²) in [5.74, 6) is 5.66. The van der Waals surface area contributed by atoms with Crippen LogP contribution >= 0.6 is 0 Å². The molecule has 9 heterocycles. The summed E-state index contributed by atoms with van der Waals surface area (Å²) in [6.07, 6.45) is 23.0. The predicted octanol–water partition coefficient (Wildman–Crippen LogP) is 15.1. The summed E-state index contributed by atoms with van der Waals surface area (Å²) < 4.78 is 54.2. The van der Waals surface area contributed by atoms with Crippen molar-refractivity contribution in [1.82, 2.24) is 60.6 Å². The molecule has 721 valence electrons. The van der Waals surface area contributed by atoms with Crippen molar-refractivity contribution < 1.29 is 141 Å². The number of amides is 6. The van der Waals surface area contributed by atoms with Gasteiger partial charge in [-0.1, -0.05) is 120 Å². The SMILES string of the molecule is COc1ccc2nc3c(nc2c1)O[C@H]1CN(C(=O)[C@H](C(C)(C)C)NC(=O)O[C@@H]2CC4CC4[C@H]2CCCC2CC32)[C@H]([C-]=O)[C@@H]1C.COc1ccc2nc3c(nc2c1)O[C@H]1CN(C(=O)[C@H](C(C)(C)C)NC(=O)O[C@@H]2CCC[C@H]2CCCC2CC32)[C@H]([C-]=O)[C@@H]1C.COc1ccc2nc3c(nc2c1)O[C@H]1CN(C(=O)[C@H](C(C)(C)C)NC(=O)O[C@]2(C)CCC[C@H]2CCCC2CC32)[C@H]([C-]=O)[C@@H]1C.[V].[V].[V]. The minimum Gasteiger partial charge on any atom is -0.540 e. The number of methoxy groups -OCH3 is 3. The maximum atomic E-state index is 14.1. The number of nitrogens with zero attached hydrogens (tertiary/aromatic N) is 9. The van der Waals surface area contributed by atoms with E-state index in [1.165, 1.54) is 21.1 Å².